The first kappa shape index (κ1) is 13.4. The Bertz CT molecular complexity index is 528. The molecule has 0 amide bonds. The second-order valence-corrected chi connectivity index (χ2v) is 6.39. The Labute approximate surface area is 119 Å². The summed E-state index contributed by atoms with van der Waals surface area (Å²) in [6, 6.07) is 5.19. The van der Waals surface area contributed by atoms with Crippen molar-refractivity contribution in [3.8, 4) is 0 Å². The van der Waals surface area contributed by atoms with Gasteiger partial charge in [0, 0.05) is 44.0 Å². The molecule has 2 heterocycles. The van der Waals surface area contributed by atoms with E-state index in [-0.39, 0.29) is 10.6 Å². The van der Waals surface area contributed by atoms with Gasteiger partial charge in [0.2, 0.25) is 0 Å². The lowest BCUT2D eigenvalue weighted by molar-refractivity contribution is -0.384. The summed E-state index contributed by atoms with van der Waals surface area (Å²) in [7, 11) is 2.18. The van der Waals surface area contributed by atoms with Gasteiger partial charge >= 0.3 is 0 Å². The largest absolute Gasteiger partial charge is 0.371 e. The Kier molecular flexibility index (Phi) is 3.17. The van der Waals surface area contributed by atoms with Crippen LogP contribution in [0.1, 0.15) is 18.4 Å². The van der Waals surface area contributed by atoms with Crippen molar-refractivity contribution in [2.24, 2.45) is 5.41 Å². The zero-order valence-corrected chi connectivity index (χ0v) is 12.1. The fourth-order valence-corrected chi connectivity index (χ4v) is 3.75. The molecule has 108 valence electrons. The Morgan fingerprint density at radius 3 is 2.40 bits per heavy atom. The predicted octanol–water partition coefficient (Wildman–Crippen LogP) is 2.44. The molecule has 1 aromatic carbocycles. The Morgan fingerprint density at radius 2 is 1.90 bits per heavy atom. The predicted molar refractivity (Wildman–Crippen MR) is 79.2 cm³/mol. The quantitative estimate of drug-likeness (QED) is 0.614. The van der Waals surface area contributed by atoms with E-state index in [0.29, 0.717) is 5.41 Å². The molecule has 0 N–H and O–H groups in total. The van der Waals surface area contributed by atoms with Crippen LogP contribution in [0.5, 0.6) is 0 Å². The molecule has 1 aromatic rings. The van der Waals surface area contributed by atoms with Crippen molar-refractivity contribution in [1.82, 2.24) is 4.90 Å². The average molecular weight is 275 g/mol. The van der Waals surface area contributed by atoms with Gasteiger partial charge in [-0.25, -0.2) is 0 Å². The van der Waals surface area contributed by atoms with E-state index < -0.39 is 0 Å². The maximum atomic E-state index is 10.8. The van der Waals surface area contributed by atoms with Gasteiger partial charge in [-0.15, -0.1) is 0 Å². The van der Waals surface area contributed by atoms with Crippen LogP contribution in [0.15, 0.2) is 18.2 Å². The number of likely N-dealkylation sites (tertiary alicyclic amines) is 1. The minimum absolute atomic E-state index is 0.181. The molecule has 20 heavy (non-hydrogen) atoms. The Morgan fingerprint density at radius 1 is 1.25 bits per heavy atom. The summed E-state index contributed by atoms with van der Waals surface area (Å²) in [5.41, 5.74) is 2.87. The zero-order chi connectivity index (χ0) is 14.3. The molecule has 2 aliphatic rings. The molecule has 0 aromatic heterocycles. The standard InChI is InChI=1S/C15H21N3O2/c1-12-9-13(18(19)20)3-4-14(12)17-7-5-15(6-8-17)10-16(2)11-15/h3-4,9H,5-8,10-11H2,1-2H3. The Balaban J connectivity index is 1.70. The minimum atomic E-state index is -0.327. The maximum absolute atomic E-state index is 10.8. The molecule has 5 heteroatoms. The highest BCUT2D eigenvalue weighted by atomic mass is 16.6. The van der Waals surface area contributed by atoms with E-state index in [2.05, 4.69) is 16.8 Å². The monoisotopic (exact) mass is 275 g/mol. The highest BCUT2D eigenvalue weighted by Gasteiger charge is 2.43. The van der Waals surface area contributed by atoms with Gasteiger partial charge in [-0.05, 0) is 43.9 Å². The smallest absolute Gasteiger partial charge is 0.269 e. The molecule has 0 bridgehead atoms. The topological polar surface area (TPSA) is 49.6 Å². The van der Waals surface area contributed by atoms with Crippen LogP contribution >= 0.6 is 0 Å². The van der Waals surface area contributed by atoms with E-state index in [1.807, 2.05) is 13.0 Å². The van der Waals surface area contributed by atoms with Crippen LogP contribution < -0.4 is 4.90 Å². The number of hydrogen-bond acceptors (Lipinski definition) is 4. The third-order valence-electron chi connectivity index (χ3n) is 4.77. The highest BCUT2D eigenvalue weighted by molar-refractivity contribution is 5.57. The van der Waals surface area contributed by atoms with Gasteiger partial charge in [-0.2, -0.15) is 0 Å². The molecule has 1 spiro atoms. The number of anilines is 1. The van der Waals surface area contributed by atoms with Crippen molar-refractivity contribution in [1.29, 1.82) is 0 Å². The third-order valence-corrected chi connectivity index (χ3v) is 4.77. The summed E-state index contributed by atoms with van der Waals surface area (Å²) in [5, 5.41) is 10.8. The van der Waals surface area contributed by atoms with Crippen LogP contribution in [0.2, 0.25) is 0 Å². The zero-order valence-electron chi connectivity index (χ0n) is 12.1. The lowest BCUT2D eigenvalue weighted by Gasteiger charge is -2.53. The normalized spacial score (nSPS) is 21.8. The van der Waals surface area contributed by atoms with Crippen molar-refractivity contribution in [2.45, 2.75) is 19.8 Å². The molecule has 0 radical (unpaired) electrons. The van der Waals surface area contributed by atoms with E-state index >= 15 is 0 Å². The van der Waals surface area contributed by atoms with Gasteiger partial charge in [-0.3, -0.25) is 10.1 Å². The van der Waals surface area contributed by atoms with E-state index in [1.54, 1.807) is 12.1 Å². The van der Waals surface area contributed by atoms with E-state index in [9.17, 15) is 10.1 Å². The lowest BCUT2D eigenvalue weighted by atomic mass is 9.72. The highest BCUT2D eigenvalue weighted by Crippen LogP contribution is 2.41. The minimum Gasteiger partial charge on any atom is -0.371 e. The number of piperidine rings is 1. The molecule has 2 fully saturated rings. The van der Waals surface area contributed by atoms with Gasteiger partial charge in [0.15, 0.2) is 0 Å². The molecule has 2 saturated heterocycles. The first-order chi connectivity index (χ1) is 9.49. The van der Waals surface area contributed by atoms with Gasteiger partial charge < -0.3 is 9.80 Å². The fourth-order valence-electron chi connectivity index (χ4n) is 3.75. The number of nitro benzene ring substituents is 1. The number of non-ortho nitro benzene ring substituents is 1. The summed E-state index contributed by atoms with van der Waals surface area (Å²) < 4.78 is 0. The lowest BCUT2D eigenvalue weighted by Crippen LogP contribution is -2.58. The van der Waals surface area contributed by atoms with Crippen LogP contribution in [0.4, 0.5) is 11.4 Å². The number of hydrogen-bond donors (Lipinski definition) is 0. The molecule has 0 saturated carbocycles. The number of benzene rings is 1. The molecule has 5 nitrogen and oxygen atoms in total. The van der Waals surface area contributed by atoms with Gasteiger partial charge in [0.1, 0.15) is 0 Å². The van der Waals surface area contributed by atoms with Gasteiger partial charge in [-0.1, -0.05) is 0 Å². The molecular formula is C15H21N3O2. The van der Waals surface area contributed by atoms with Crippen LogP contribution in [-0.2, 0) is 0 Å². The number of nitro groups is 1. The summed E-state index contributed by atoms with van der Waals surface area (Å²) in [5.74, 6) is 0. The van der Waals surface area contributed by atoms with Crippen LogP contribution in [0, 0.1) is 22.5 Å². The first-order valence-electron chi connectivity index (χ1n) is 7.18. The van der Waals surface area contributed by atoms with Crippen molar-refractivity contribution in [2.75, 3.05) is 38.1 Å². The summed E-state index contributed by atoms with van der Waals surface area (Å²) in [6.45, 7) is 6.53. The number of nitrogens with zero attached hydrogens (tertiary/aromatic N) is 3. The van der Waals surface area contributed by atoms with Crippen molar-refractivity contribution in [3.05, 3.63) is 33.9 Å². The summed E-state index contributed by atoms with van der Waals surface area (Å²) >= 11 is 0. The van der Waals surface area contributed by atoms with Crippen molar-refractivity contribution < 1.29 is 4.92 Å². The van der Waals surface area contributed by atoms with Crippen molar-refractivity contribution in [3.63, 3.8) is 0 Å². The fraction of sp³-hybridized carbons (Fsp3) is 0.600. The third kappa shape index (κ3) is 2.26. The summed E-state index contributed by atoms with van der Waals surface area (Å²) in [6.07, 6.45) is 2.46. The second kappa shape index (κ2) is 4.74. The second-order valence-electron chi connectivity index (χ2n) is 6.39. The number of rotatable bonds is 2. The van der Waals surface area contributed by atoms with Gasteiger partial charge in [0.25, 0.3) is 5.69 Å². The SMILES string of the molecule is Cc1cc([N+](=O)[O-])ccc1N1CCC2(CC1)CN(C)C2. The molecule has 0 unspecified atom stereocenters. The average Bonchev–Trinajstić information content (AvgIpc) is 2.38. The van der Waals surface area contributed by atoms with E-state index in [1.165, 1.54) is 25.9 Å². The Hall–Kier alpha value is -1.62. The summed E-state index contributed by atoms with van der Waals surface area (Å²) in [4.78, 5) is 15.2. The molecule has 0 atom stereocenters. The molecule has 3 rings (SSSR count). The first-order valence-corrected chi connectivity index (χ1v) is 7.18. The van der Waals surface area contributed by atoms with Crippen molar-refractivity contribution >= 4 is 11.4 Å². The van der Waals surface area contributed by atoms with Gasteiger partial charge in [0.05, 0.1) is 4.92 Å². The molecule has 2 aliphatic heterocycles. The van der Waals surface area contributed by atoms with Crippen LogP contribution in [0.3, 0.4) is 0 Å². The van der Waals surface area contributed by atoms with Crippen LogP contribution in [0.25, 0.3) is 0 Å². The van der Waals surface area contributed by atoms with Crippen LogP contribution in [-0.4, -0.2) is 43.0 Å². The van der Waals surface area contributed by atoms with E-state index in [0.717, 1.165) is 24.3 Å². The molecule has 0 aliphatic carbocycles. The maximum Gasteiger partial charge on any atom is 0.269 e. The van der Waals surface area contributed by atoms with E-state index in [4.69, 9.17) is 0 Å². The number of aryl methyl sites for hydroxylation is 1. The molecular weight excluding hydrogens is 254 g/mol.